The summed E-state index contributed by atoms with van der Waals surface area (Å²) in [5.74, 6) is -0.805. The zero-order valence-electron chi connectivity index (χ0n) is 23.0. The molecule has 0 radical (unpaired) electrons. The zero-order valence-corrected chi connectivity index (χ0v) is 24.6. The predicted molar refractivity (Wildman–Crippen MR) is 157 cm³/mol. The number of anilines is 1. The van der Waals surface area contributed by atoms with Crippen molar-refractivity contribution in [1.29, 1.82) is 0 Å². The van der Waals surface area contributed by atoms with Gasteiger partial charge in [0.1, 0.15) is 12.6 Å². The lowest BCUT2D eigenvalue weighted by Gasteiger charge is -2.34. The average Bonchev–Trinajstić information content (AvgIpc) is 2.87. The highest BCUT2D eigenvalue weighted by molar-refractivity contribution is 7.92. The molecule has 1 atom stereocenters. The van der Waals surface area contributed by atoms with Crippen LogP contribution >= 0.6 is 11.6 Å². The molecule has 0 bridgehead atoms. The van der Waals surface area contributed by atoms with E-state index in [2.05, 4.69) is 5.32 Å². The molecule has 0 heterocycles. The molecule has 0 spiro atoms. The number of carbonyl (C=O) groups excluding carboxylic acids is 2. The van der Waals surface area contributed by atoms with Gasteiger partial charge in [-0.05, 0) is 62.1 Å². The van der Waals surface area contributed by atoms with Crippen LogP contribution in [0.1, 0.15) is 36.1 Å². The molecule has 0 aliphatic heterocycles. The number of sulfonamides is 1. The number of hydrogen-bond acceptors (Lipinski definition) is 4. The molecule has 7 nitrogen and oxygen atoms in total. The summed E-state index contributed by atoms with van der Waals surface area (Å²) in [7, 11) is -3.85. The van der Waals surface area contributed by atoms with Gasteiger partial charge in [0.15, 0.2) is 0 Å². The van der Waals surface area contributed by atoms with Gasteiger partial charge < -0.3 is 10.2 Å². The van der Waals surface area contributed by atoms with Crippen molar-refractivity contribution in [3.63, 3.8) is 0 Å². The molecule has 3 aromatic rings. The molecule has 39 heavy (non-hydrogen) atoms. The SMILES string of the molecule is Cc1ccc(N(CC(=O)N(Cc2ccccc2C)C(Cc2ccccc2)C(=O)NC(C)C)S(C)(=O)=O)cc1Cl. The molecule has 0 saturated heterocycles. The topological polar surface area (TPSA) is 86.8 Å². The lowest BCUT2D eigenvalue weighted by atomic mass is 10.0. The first-order valence-corrected chi connectivity index (χ1v) is 15.0. The van der Waals surface area contributed by atoms with E-state index in [0.717, 1.165) is 32.8 Å². The van der Waals surface area contributed by atoms with Crippen LogP contribution in [0.15, 0.2) is 72.8 Å². The fraction of sp³-hybridized carbons (Fsp3) is 0.333. The summed E-state index contributed by atoms with van der Waals surface area (Å²) in [4.78, 5) is 29.1. The van der Waals surface area contributed by atoms with E-state index in [1.807, 2.05) is 82.3 Å². The molecule has 3 rings (SSSR count). The second kappa shape index (κ2) is 13.1. The Bertz CT molecular complexity index is 1410. The molecule has 0 aromatic heterocycles. The van der Waals surface area contributed by atoms with Crippen LogP contribution in [-0.4, -0.2) is 50.0 Å². The fourth-order valence-corrected chi connectivity index (χ4v) is 5.27. The Morgan fingerprint density at radius 3 is 2.15 bits per heavy atom. The first-order chi connectivity index (χ1) is 18.4. The first kappa shape index (κ1) is 30.2. The summed E-state index contributed by atoms with van der Waals surface area (Å²) >= 11 is 6.29. The van der Waals surface area contributed by atoms with Gasteiger partial charge in [0.05, 0.1) is 11.9 Å². The lowest BCUT2D eigenvalue weighted by Crippen LogP contribution is -2.54. The number of nitrogens with zero attached hydrogens (tertiary/aromatic N) is 2. The van der Waals surface area contributed by atoms with Gasteiger partial charge in [0.2, 0.25) is 21.8 Å². The number of halogens is 1. The Kier molecular flexibility index (Phi) is 10.2. The summed E-state index contributed by atoms with van der Waals surface area (Å²) in [5, 5.41) is 3.34. The highest BCUT2D eigenvalue weighted by Gasteiger charge is 2.33. The third-order valence-electron chi connectivity index (χ3n) is 6.43. The third-order valence-corrected chi connectivity index (χ3v) is 7.97. The number of amides is 2. The predicted octanol–water partition coefficient (Wildman–Crippen LogP) is 4.89. The Balaban J connectivity index is 2.08. The van der Waals surface area contributed by atoms with Gasteiger partial charge >= 0.3 is 0 Å². The van der Waals surface area contributed by atoms with Gasteiger partial charge in [0.25, 0.3) is 0 Å². The van der Waals surface area contributed by atoms with Crippen molar-refractivity contribution in [3.05, 3.63) is 100 Å². The quantitative estimate of drug-likeness (QED) is 0.356. The standard InChI is InChI=1S/C30H36ClN3O4S/c1-21(2)32-30(36)28(17-24-12-7-6-8-13-24)33(19-25-14-10-9-11-22(25)3)29(35)20-34(39(5,37)38)26-16-15-23(4)27(31)18-26/h6-16,18,21,28H,17,19-20H2,1-5H3,(H,32,36). The molecule has 2 amide bonds. The van der Waals surface area contributed by atoms with Crippen molar-refractivity contribution in [2.75, 3.05) is 17.1 Å². The Morgan fingerprint density at radius 2 is 1.56 bits per heavy atom. The summed E-state index contributed by atoms with van der Waals surface area (Å²) in [6.45, 7) is 7.13. The van der Waals surface area contributed by atoms with E-state index in [-0.39, 0.29) is 30.6 Å². The minimum Gasteiger partial charge on any atom is -0.352 e. The van der Waals surface area contributed by atoms with Crippen LogP contribution in [0.3, 0.4) is 0 Å². The van der Waals surface area contributed by atoms with Crippen molar-refractivity contribution < 1.29 is 18.0 Å². The van der Waals surface area contributed by atoms with Crippen molar-refractivity contribution in [1.82, 2.24) is 10.2 Å². The molecule has 9 heteroatoms. The van der Waals surface area contributed by atoms with Crippen molar-refractivity contribution in [3.8, 4) is 0 Å². The maximum Gasteiger partial charge on any atom is 0.244 e. The van der Waals surface area contributed by atoms with Gasteiger partial charge in [-0.15, -0.1) is 0 Å². The van der Waals surface area contributed by atoms with Crippen molar-refractivity contribution >= 4 is 39.1 Å². The van der Waals surface area contributed by atoms with Gasteiger partial charge in [-0.25, -0.2) is 8.42 Å². The molecule has 0 aliphatic rings. The van der Waals surface area contributed by atoms with E-state index < -0.39 is 28.5 Å². The van der Waals surface area contributed by atoms with E-state index in [4.69, 9.17) is 11.6 Å². The molecule has 0 fully saturated rings. The normalized spacial score (nSPS) is 12.2. The van der Waals surface area contributed by atoms with E-state index in [1.54, 1.807) is 12.1 Å². The zero-order chi connectivity index (χ0) is 28.7. The number of rotatable bonds is 11. The van der Waals surface area contributed by atoms with Crippen LogP contribution in [0, 0.1) is 13.8 Å². The minimum absolute atomic E-state index is 0.140. The molecular weight excluding hydrogens is 534 g/mol. The average molecular weight is 570 g/mol. The van der Waals surface area contributed by atoms with Crippen LogP contribution in [-0.2, 0) is 32.6 Å². The molecule has 0 aliphatic carbocycles. The smallest absolute Gasteiger partial charge is 0.244 e. The molecule has 3 aromatic carbocycles. The van der Waals surface area contributed by atoms with Gasteiger partial charge in [-0.1, -0.05) is 72.3 Å². The van der Waals surface area contributed by atoms with Crippen molar-refractivity contribution in [2.24, 2.45) is 0 Å². The lowest BCUT2D eigenvalue weighted by molar-refractivity contribution is -0.140. The summed E-state index contributed by atoms with van der Waals surface area (Å²) in [6.07, 6.45) is 1.32. The number of hydrogen-bond donors (Lipinski definition) is 1. The summed E-state index contributed by atoms with van der Waals surface area (Å²) in [6, 6.07) is 20.9. The second-order valence-electron chi connectivity index (χ2n) is 10.0. The molecule has 1 N–H and O–H groups in total. The number of carbonyl (C=O) groups is 2. The molecule has 0 saturated carbocycles. The second-order valence-corrected chi connectivity index (χ2v) is 12.3. The van der Waals surface area contributed by atoms with Crippen LogP contribution < -0.4 is 9.62 Å². The van der Waals surface area contributed by atoms with Gasteiger partial charge in [-0.2, -0.15) is 0 Å². The van der Waals surface area contributed by atoms with E-state index in [9.17, 15) is 18.0 Å². The Hall–Kier alpha value is -3.36. The first-order valence-electron chi connectivity index (χ1n) is 12.8. The molecule has 1 unspecified atom stereocenters. The number of benzene rings is 3. The van der Waals surface area contributed by atoms with E-state index >= 15 is 0 Å². The van der Waals surface area contributed by atoms with E-state index in [1.165, 1.54) is 11.0 Å². The number of nitrogens with one attached hydrogen (secondary N) is 1. The number of aryl methyl sites for hydroxylation is 2. The van der Waals surface area contributed by atoms with Crippen LogP contribution in [0.4, 0.5) is 5.69 Å². The monoisotopic (exact) mass is 569 g/mol. The maximum absolute atomic E-state index is 14.1. The van der Waals surface area contributed by atoms with Crippen LogP contribution in [0.25, 0.3) is 0 Å². The molecular formula is C30H36ClN3O4S. The highest BCUT2D eigenvalue weighted by atomic mass is 35.5. The fourth-order valence-electron chi connectivity index (χ4n) is 4.26. The Labute approximate surface area is 236 Å². The molecule has 208 valence electrons. The van der Waals surface area contributed by atoms with Gasteiger partial charge in [0, 0.05) is 24.0 Å². The minimum atomic E-state index is -3.85. The van der Waals surface area contributed by atoms with Crippen LogP contribution in [0.5, 0.6) is 0 Å². The maximum atomic E-state index is 14.1. The highest BCUT2D eigenvalue weighted by Crippen LogP contribution is 2.26. The summed E-state index contributed by atoms with van der Waals surface area (Å²) in [5.41, 5.74) is 3.78. The Morgan fingerprint density at radius 1 is 0.923 bits per heavy atom. The van der Waals surface area contributed by atoms with Gasteiger partial charge in [-0.3, -0.25) is 13.9 Å². The third kappa shape index (κ3) is 8.31. The largest absolute Gasteiger partial charge is 0.352 e. The van der Waals surface area contributed by atoms with E-state index in [0.29, 0.717) is 5.02 Å². The van der Waals surface area contributed by atoms with Crippen LogP contribution in [0.2, 0.25) is 5.02 Å². The summed E-state index contributed by atoms with van der Waals surface area (Å²) < 4.78 is 26.8. The van der Waals surface area contributed by atoms with Crippen molar-refractivity contribution in [2.45, 2.75) is 52.7 Å².